The number of fused-ring (bicyclic) bond motifs is 7. The molecule has 0 spiro atoms. The van der Waals surface area contributed by atoms with E-state index in [1.165, 1.54) is 18.4 Å². The molecule has 0 amide bonds. The van der Waals surface area contributed by atoms with Crippen LogP contribution in [0.5, 0.6) is 0 Å². The van der Waals surface area contributed by atoms with Crippen molar-refractivity contribution in [2.45, 2.75) is 119 Å². The number of carbonyl (C=O) groups is 1. The Hall–Kier alpha value is -0.870. The van der Waals surface area contributed by atoms with E-state index in [2.05, 4.69) is 54.5 Å². The van der Waals surface area contributed by atoms with E-state index >= 15 is 0 Å². The highest BCUT2D eigenvalue weighted by Gasteiger charge is 2.69. The largest absolute Gasteiger partial charge is 0.481 e. The Labute approximate surface area is 207 Å². The van der Waals surface area contributed by atoms with Crippen molar-refractivity contribution >= 4 is 5.97 Å². The zero-order valence-corrected chi connectivity index (χ0v) is 22.8. The molecule has 8 unspecified atom stereocenters. The topological polar surface area (TPSA) is 89.0 Å². The van der Waals surface area contributed by atoms with Gasteiger partial charge in [0.15, 0.2) is 0 Å². The SMILES string of the molecule is CC1(C)CCC2(C(=O)O)CCC3(C)C(=CCC4C5(C)CCC(O)C(C)(C)C5CCC43C)C2C1.O. The van der Waals surface area contributed by atoms with Gasteiger partial charge in [0.1, 0.15) is 0 Å². The Bertz CT molecular complexity index is 888. The first-order chi connectivity index (χ1) is 15.1. The summed E-state index contributed by atoms with van der Waals surface area (Å²) in [5.41, 5.74) is 1.68. The maximum atomic E-state index is 12.8. The first-order valence-corrected chi connectivity index (χ1v) is 13.8. The number of allylic oxidation sites excluding steroid dienone is 2. The highest BCUT2D eigenvalue weighted by Crippen LogP contribution is 2.75. The highest BCUT2D eigenvalue weighted by molar-refractivity contribution is 5.76. The first kappa shape index (κ1) is 26.2. The van der Waals surface area contributed by atoms with Crippen LogP contribution in [0.4, 0.5) is 0 Å². The van der Waals surface area contributed by atoms with Gasteiger partial charge in [0.25, 0.3) is 0 Å². The van der Waals surface area contributed by atoms with Gasteiger partial charge >= 0.3 is 5.97 Å². The molecule has 5 aliphatic rings. The van der Waals surface area contributed by atoms with Crippen LogP contribution < -0.4 is 0 Å². The summed E-state index contributed by atoms with van der Waals surface area (Å²) in [5.74, 6) is 0.807. The van der Waals surface area contributed by atoms with Crippen molar-refractivity contribution < 1.29 is 20.5 Å². The quantitative estimate of drug-likeness (QED) is 0.430. The molecule has 0 aliphatic heterocycles. The minimum atomic E-state index is -0.553. The molecule has 0 radical (unpaired) electrons. The van der Waals surface area contributed by atoms with Crippen LogP contribution in [-0.4, -0.2) is 27.8 Å². The van der Waals surface area contributed by atoms with E-state index in [0.29, 0.717) is 11.8 Å². The molecule has 0 bridgehead atoms. The summed E-state index contributed by atoms with van der Waals surface area (Å²) in [6.45, 7) is 16.9. The lowest BCUT2D eigenvalue weighted by Crippen LogP contribution is -2.65. The summed E-state index contributed by atoms with van der Waals surface area (Å²) in [5, 5.41) is 21.4. The van der Waals surface area contributed by atoms with Gasteiger partial charge in [-0.3, -0.25) is 4.79 Å². The molecule has 4 N–H and O–H groups in total. The smallest absolute Gasteiger partial charge is 0.310 e. The second kappa shape index (κ2) is 7.57. The number of hydrogen-bond donors (Lipinski definition) is 2. The fourth-order valence-electron chi connectivity index (χ4n) is 10.6. The lowest BCUT2D eigenvalue weighted by molar-refractivity contribution is -0.205. The van der Waals surface area contributed by atoms with E-state index in [0.717, 1.165) is 51.4 Å². The molecule has 5 aliphatic carbocycles. The van der Waals surface area contributed by atoms with Crippen molar-refractivity contribution in [1.82, 2.24) is 0 Å². The van der Waals surface area contributed by atoms with Gasteiger partial charge in [0.05, 0.1) is 11.5 Å². The van der Waals surface area contributed by atoms with Gasteiger partial charge in [-0.15, -0.1) is 0 Å². The van der Waals surface area contributed by atoms with Gasteiger partial charge < -0.3 is 15.7 Å². The molecule has 8 atom stereocenters. The fourth-order valence-corrected chi connectivity index (χ4v) is 10.6. The lowest BCUT2D eigenvalue weighted by atomic mass is 9.33. The molecule has 4 saturated carbocycles. The zero-order valence-electron chi connectivity index (χ0n) is 22.8. The van der Waals surface area contributed by atoms with Crippen molar-refractivity contribution in [1.29, 1.82) is 0 Å². The van der Waals surface area contributed by atoms with Crippen LogP contribution in [0.2, 0.25) is 0 Å². The van der Waals surface area contributed by atoms with Crippen molar-refractivity contribution in [3.8, 4) is 0 Å². The molecule has 34 heavy (non-hydrogen) atoms. The maximum Gasteiger partial charge on any atom is 0.310 e. The van der Waals surface area contributed by atoms with Crippen LogP contribution in [-0.2, 0) is 4.79 Å². The predicted octanol–water partition coefficient (Wildman–Crippen LogP) is 6.41. The Balaban J connectivity index is 0.00000274. The Kier molecular flexibility index (Phi) is 5.83. The summed E-state index contributed by atoms with van der Waals surface area (Å²) >= 11 is 0. The summed E-state index contributed by atoms with van der Waals surface area (Å²) < 4.78 is 0. The van der Waals surface area contributed by atoms with Gasteiger partial charge in [-0.1, -0.05) is 60.1 Å². The third-order valence-electron chi connectivity index (χ3n) is 13.0. The molecule has 5 rings (SSSR count). The molecule has 0 aromatic heterocycles. The van der Waals surface area contributed by atoms with Gasteiger partial charge in [-0.2, -0.15) is 0 Å². The summed E-state index contributed by atoms with van der Waals surface area (Å²) in [4.78, 5) is 12.8. The molecule has 4 fully saturated rings. The minimum Gasteiger partial charge on any atom is -0.481 e. The number of aliphatic carboxylic acids is 1. The van der Waals surface area contributed by atoms with E-state index in [-0.39, 0.29) is 44.6 Å². The van der Waals surface area contributed by atoms with Crippen LogP contribution in [0.25, 0.3) is 0 Å². The fraction of sp³-hybridized carbons (Fsp3) is 0.900. The molecular formula is C30H50O4. The van der Waals surface area contributed by atoms with E-state index in [1.54, 1.807) is 0 Å². The Morgan fingerprint density at radius 2 is 1.53 bits per heavy atom. The van der Waals surface area contributed by atoms with Crippen LogP contribution in [0.1, 0.15) is 113 Å². The second-order valence-corrected chi connectivity index (χ2v) is 15.1. The molecule has 4 nitrogen and oxygen atoms in total. The molecule has 0 aromatic rings. The standard InChI is InChI=1S/C30H48O3.H2O/c1-25(2)14-16-30(24(32)33)17-15-28(6)19(20(30)18-25)8-9-22-27(5)12-11-23(31)26(3,4)21(27)10-13-29(22,28)7;/h8,20-23,31H,9-18H2,1-7H3,(H,32,33);1H2. The Morgan fingerprint density at radius 3 is 2.18 bits per heavy atom. The number of hydrogen-bond acceptors (Lipinski definition) is 2. The third-order valence-corrected chi connectivity index (χ3v) is 13.0. The molecular weight excluding hydrogens is 424 g/mol. The number of carboxylic acid groups (broad SMARTS) is 1. The average Bonchev–Trinajstić information content (AvgIpc) is 2.71. The summed E-state index contributed by atoms with van der Waals surface area (Å²) in [7, 11) is 0. The monoisotopic (exact) mass is 474 g/mol. The van der Waals surface area contributed by atoms with E-state index in [4.69, 9.17) is 0 Å². The predicted molar refractivity (Wildman–Crippen MR) is 136 cm³/mol. The molecule has 194 valence electrons. The molecule has 0 saturated heterocycles. The number of aliphatic hydroxyl groups excluding tert-OH is 1. The number of aliphatic hydroxyl groups is 1. The van der Waals surface area contributed by atoms with Gasteiger partial charge in [-0.25, -0.2) is 0 Å². The van der Waals surface area contributed by atoms with Crippen LogP contribution >= 0.6 is 0 Å². The minimum absolute atomic E-state index is 0. The van der Waals surface area contributed by atoms with Crippen LogP contribution in [0.3, 0.4) is 0 Å². The van der Waals surface area contributed by atoms with Crippen LogP contribution in [0.15, 0.2) is 11.6 Å². The highest BCUT2D eigenvalue weighted by atomic mass is 16.4. The van der Waals surface area contributed by atoms with E-state index < -0.39 is 11.4 Å². The summed E-state index contributed by atoms with van der Waals surface area (Å²) in [6, 6.07) is 0. The van der Waals surface area contributed by atoms with E-state index in [9.17, 15) is 15.0 Å². The number of carboxylic acids is 1. The first-order valence-electron chi connectivity index (χ1n) is 13.8. The van der Waals surface area contributed by atoms with E-state index in [1.807, 2.05) is 0 Å². The van der Waals surface area contributed by atoms with Gasteiger partial charge in [-0.05, 0) is 109 Å². The third kappa shape index (κ3) is 3.06. The maximum absolute atomic E-state index is 12.8. The van der Waals surface area contributed by atoms with Crippen molar-refractivity contribution in [2.75, 3.05) is 0 Å². The van der Waals surface area contributed by atoms with Gasteiger partial charge in [0, 0.05) is 0 Å². The van der Waals surface area contributed by atoms with Crippen molar-refractivity contribution in [3.05, 3.63) is 11.6 Å². The zero-order chi connectivity index (χ0) is 24.2. The van der Waals surface area contributed by atoms with Crippen molar-refractivity contribution in [3.63, 3.8) is 0 Å². The number of rotatable bonds is 1. The average molecular weight is 475 g/mol. The lowest BCUT2D eigenvalue weighted by Gasteiger charge is -2.71. The van der Waals surface area contributed by atoms with Crippen LogP contribution in [0, 0.1) is 50.2 Å². The summed E-state index contributed by atoms with van der Waals surface area (Å²) in [6.07, 6.45) is 12.6. The second-order valence-electron chi connectivity index (χ2n) is 15.1. The molecule has 0 heterocycles. The van der Waals surface area contributed by atoms with Gasteiger partial charge in [0.2, 0.25) is 0 Å². The van der Waals surface area contributed by atoms with Crippen molar-refractivity contribution in [2.24, 2.45) is 50.2 Å². The normalized spacial score (nSPS) is 50.9. The molecule has 0 aromatic carbocycles. The Morgan fingerprint density at radius 1 is 0.882 bits per heavy atom. The molecule has 4 heteroatoms.